The summed E-state index contributed by atoms with van der Waals surface area (Å²) in [6.07, 6.45) is 2.09. The first-order valence-electron chi connectivity index (χ1n) is 15.5. The van der Waals surface area contributed by atoms with Crippen molar-refractivity contribution in [3.63, 3.8) is 0 Å². The molecule has 1 aromatic carbocycles. The summed E-state index contributed by atoms with van der Waals surface area (Å²) in [5, 5.41) is 0.756. The van der Waals surface area contributed by atoms with E-state index in [9.17, 15) is 24.0 Å². The minimum Gasteiger partial charge on any atom is -0.465 e. The van der Waals surface area contributed by atoms with Crippen molar-refractivity contribution in [3.8, 4) is 0 Å². The van der Waals surface area contributed by atoms with Crippen LogP contribution in [0.1, 0.15) is 50.2 Å². The molecule has 14 heteroatoms. The molecule has 2 fully saturated rings. The van der Waals surface area contributed by atoms with Crippen LogP contribution >= 0.6 is 23.2 Å². The number of likely N-dealkylation sites (tertiary alicyclic amines) is 1. The van der Waals surface area contributed by atoms with Gasteiger partial charge < -0.3 is 33.5 Å². The third kappa shape index (κ3) is 6.99. The second kappa shape index (κ2) is 13.6. The lowest BCUT2D eigenvalue weighted by Crippen LogP contribution is -2.55. The standard InChI is InChI=1S/C33H38Cl2N4O8/c1-5-45-30(43)33-20-38(31(44)47-32(2,3)4)11-10-26(33)39(19-21-8-9-22(34)17-24(21)35)28(41)23(33)18-27(40)36-12-14-37(15-13-36)29(42)25-7-6-16-46-25/h6-10,16-17,23H,5,11-15,18-20H2,1-4H3/t23-,33-/m1/s1. The number of piperazine rings is 1. The number of benzene rings is 1. The Kier molecular flexibility index (Phi) is 9.93. The minimum atomic E-state index is -1.69. The smallest absolute Gasteiger partial charge is 0.410 e. The minimum absolute atomic E-state index is 0.00647. The van der Waals surface area contributed by atoms with E-state index in [2.05, 4.69) is 0 Å². The molecule has 4 amide bonds. The van der Waals surface area contributed by atoms with E-state index in [1.54, 1.807) is 73.9 Å². The monoisotopic (exact) mass is 688 g/mol. The zero-order valence-corrected chi connectivity index (χ0v) is 28.3. The first kappa shape index (κ1) is 34.3. The van der Waals surface area contributed by atoms with Crippen molar-refractivity contribution < 1.29 is 37.9 Å². The zero-order chi connectivity index (χ0) is 34.1. The van der Waals surface area contributed by atoms with Crippen LogP contribution in [0.4, 0.5) is 4.79 Å². The van der Waals surface area contributed by atoms with Gasteiger partial charge in [-0.3, -0.25) is 19.2 Å². The van der Waals surface area contributed by atoms with E-state index >= 15 is 0 Å². The summed E-state index contributed by atoms with van der Waals surface area (Å²) in [5.74, 6) is -2.81. The second-order valence-corrected chi connectivity index (χ2v) is 13.6. The topological polar surface area (TPSA) is 130 Å². The average Bonchev–Trinajstić information content (AvgIpc) is 3.64. The molecule has 47 heavy (non-hydrogen) atoms. The number of nitrogens with zero attached hydrogens (tertiary/aromatic N) is 4. The van der Waals surface area contributed by atoms with Crippen LogP contribution < -0.4 is 0 Å². The van der Waals surface area contributed by atoms with Gasteiger partial charge in [-0.05, 0) is 63.6 Å². The second-order valence-electron chi connectivity index (χ2n) is 12.7. The van der Waals surface area contributed by atoms with Crippen LogP contribution in [0.3, 0.4) is 0 Å². The van der Waals surface area contributed by atoms with E-state index in [0.29, 0.717) is 21.3 Å². The number of furan rings is 1. The molecule has 0 saturated carbocycles. The lowest BCUT2D eigenvalue weighted by Gasteiger charge is -2.41. The Morgan fingerprint density at radius 2 is 1.72 bits per heavy atom. The molecule has 3 aliphatic rings. The summed E-state index contributed by atoms with van der Waals surface area (Å²) in [6, 6.07) is 8.13. The highest BCUT2D eigenvalue weighted by Crippen LogP contribution is 2.51. The van der Waals surface area contributed by atoms with E-state index in [1.807, 2.05) is 0 Å². The number of carbonyl (C=O) groups excluding carboxylic acids is 5. The predicted octanol–water partition coefficient (Wildman–Crippen LogP) is 4.60. The Bertz CT molecular complexity index is 1580. The third-order valence-corrected chi connectivity index (χ3v) is 9.10. The van der Waals surface area contributed by atoms with E-state index in [1.165, 1.54) is 16.1 Å². The highest BCUT2D eigenvalue weighted by Gasteiger charge is 2.64. The van der Waals surface area contributed by atoms with Crippen LogP contribution in [0.15, 0.2) is 52.8 Å². The number of hydrogen-bond acceptors (Lipinski definition) is 8. The molecule has 1 aromatic heterocycles. The van der Waals surface area contributed by atoms with Crippen LogP contribution in [-0.2, 0) is 30.4 Å². The molecule has 0 spiro atoms. The van der Waals surface area contributed by atoms with Crippen LogP contribution in [0.25, 0.3) is 0 Å². The third-order valence-electron chi connectivity index (χ3n) is 8.52. The number of carbonyl (C=O) groups is 5. The van der Waals surface area contributed by atoms with Crippen molar-refractivity contribution in [3.05, 3.63) is 69.7 Å². The molecule has 12 nitrogen and oxygen atoms in total. The maximum atomic E-state index is 14.4. The Hall–Kier alpha value is -4.03. The van der Waals surface area contributed by atoms with Crippen LogP contribution in [0.2, 0.25) is 10.0 Å². The summed E-state index contributed by atoms with van der Waals surface area (Å²) in [5.41, 5.74) is -1.56. The van der Waals surface area contributed by atoms with Crippen molar-refractivity contribution in [2.24, 2.45) is 11.3 Å². The summed E-state index contributed by atoms with van der Waals surface area (Å²) in [7, 11) is 0. The number of amides is 4. The molecule has 0 radical (unpaired) electrons. The molecule has 252 valence electrons. The van der Waals surface area contributed by atoms with Gasteiger partial charge in [0.05, 0.1) is 25.3 Å². The van der Waals surface area contributed by atoms with Gasteiger partial charge in [-0.15, -0.1) is 0 Å². The van der Waals surface area contributed by atoms with E-state index in [4.69, 9.17) is 37.1 Å². The van der Waals surface area contributed by atoms with Gasteiger partial charge in [0.1, 0.15) is 11.0 Å². The van der Waals surface area contributed by atoms with Crippen LogP contribution in [0, 0.1) is 11.3 Å². The molecule has 3 aliphatic heterocycles. The Balaban J connectivity index is 1.46. The molecule has 2 atom stereocenters. The summed E-state index contributed by atoms with van der Waals surface area (Å²) in [4.78, 5) is 74.4. The summed E-state index contributed by atoms with van der Waals surface area (Å²) in [6.45, 7) is 7.71. The van der Waals surface area contributed by atoms with Gasteiger partial charge in [0.2, 0.25) is 11.8 Å². The van der Waals surface area contributed by atoms with Gasteiger partial charge in [0.25, 0.3) is 5.91 Å². The molecule has 0 bridgehead atoms. The average molecular weight is 690 g/mol. The van der Waals surface area contributed by atoms with E-state index in [-0.39, 0.29) is 76.4 Å². The van der Waals surface area contributed by atoms with Gasteiger partial charge in [-0.2, -0.15) is 0 Å². The Morgan fingerprint density at radius 3 is 2.34 bits per heavy atom. The lowest BCUT2D eigenvalue weighted by molar-refractivity contribution is -0.159. The van der Waals surface area contributed by atoms with Gasteiger partial charge in [-0.25, -0.2) is 4.79 Å². The maximum Gasteiger partial charge on any atom is 0.410 e. The van der Waals surface area contributed by atoms with Crippen molar-refractivity contribution in [2.75, 3.05) is 45.9 Å². The Labute approximate surface area is 283 Å². The number of esters is 1. The quantitative estimate of drug-likeness (QED) is 0.386. The highest BCUT2D eigenvalue weighted by molar-refractivity contribution is 6.35. The van der Waals surface area contributed by atoms with Gasteiger partial charge >= 0.3 is 12.1 Å². The molecular formula is C33H38Cl2N4O8. The lowest BCUT2D eigenvalue weighted by atomic mass is 9.71. The van der Waals surface area contributed by atoms with Crippen LogP contribution in [0.5, 0.6) is 0 Å². The first-order valence-corrected chi connectivity index (χ1v) is 16.2. The summed E-state index contributed by atoms with van der Waals surface area (Å²) >= 11 is 12.6. The number of ether oxygens (including phenoxy) is 2. The number of fused-ring (bicyclic) bond motifs is 1. The molecule has 4 heterocycles. The van der Waals surface area contributed by atoms with Crippen molar-refractivity contribution >= 4 is 53.0 Å². The maximum absolute atomic E-state index is 14.4. The zero-order valence-electron chi connectivity index (χ0n) is 26.8. The normalized spacial score (nSPS) is 21.4. The number of halogens is 2. The largest absolute Gasteiger partial charge is 0.465 e. The fraction of sp³-hybridized carbons (Fsp3) is 0.485. The fourth-order valence-corrected chi connectivity index (χ4v) is 6.75. The Morgan fingerprint density at radius 1 is 1.02 bits per heavy atom. The van der Waals surface area contributed by atoms with Gasteiger partial charge in [-0.1, -0.05) is 29.3 Å². The van der Waals surface area contributed by atoms with E-state index in [0.717, 1.165) is 0 Å². The summed E-state index contributed by atoms with van der Waals surface area (Å²) < 4.78 is 16.4. The molecule has 2 saturated heterocycles. The predicted molar refractivity (Wildman–Crippen MR) is 171 cm³/mol. The highest BCUT2D eigenvalue weighted by atomic mass is 35.5. The van der Waals surface area contributed by atoms with Gasteiger partial charge in [0, 0.05) is 61.4 Å². The molecule has 0 aliphatic carbocycles. The van der Waals surface area contributed by atoms with Crippen molar-refractivity contribution in [2.45, 2.75) is 46.3 Å². The van der Waals surface area contributed by atoms with Crippen molar-refractivity contribution in [1.29, 1.82) is 0 Å². The fourth-order valence-electron chi connectivity index (χ4n) is 6.28. The molecule has 2 aromatic rings. The molecular weight excluding hydrogens is 651 g/mol. The molecule has 0 unspecified atom stereocenters. The number of hydrogen-bond donors (Lipinski definition) is 0. The molecule has 0 N–H and O–H groups in total. The number of rotatable bonds is 7. The molecule has 5 rings (SSSR count). The van der Waals surface area contributed by atoms with Crippen molar-refractivity contribution in [1.82, 2.24) is 19.6 Å². The van der Waals surface area contributed by atoms with E-state index < -0.39 is 34.9 Å². The van der Waals surface area contributed by atoms with Gasteiger partial charge in [0.15, 0.2) is 5.76 Å². The SMILES string of the molecule is CCOC(=O)[C@@]12CN(C(=O)OC(C)(C)C)CC=C1N(Cc1ccc(Cl)cc1Cl)C(=O)[C@H]2CC(=O)N1CCN(C(=O)c2ccco2)CC1. The van der Waals surface area contributed by atoms with Crippen LogP contribution in [-0.4, -0.2) is 101 Å². The first-order chi connectivity index (χ1) is 22.2.